The number of carbonyl (C=O) groups excluding carboxylic acids is 2. The minimum absolute atomic E-state index is 0.0673. The summed E-state index contributed by atoms with van der Waals surface area (Å²) in [4.78, 5) is 31.2. The molecule has 2 aromatic rings. The Hall–Kier alpha value is -2.93. The molecule has 1 saturated heterocycles. The summed E-state index contributed by atoms with van der Waals surface area (Å²) in [6, 6.07) is 9.26. The Morgan fingerprint density at radius 1 is 1.10 bits per heavy atom. The zero-order valence-corrected chi connectivity index (χ0v) is 17.0. The molecule has 0 spiro atoms. The van der Waals surface area contributed by atoms with Crippen molar-refractivity contribution in [3.05, 3.63) is 53.9 Å². The molecule has 1 aliphatic rings. The van der Waals surface area contributed by atoms with Crippen LogP contribution in [0.1, 0.15) is 47.4 Å². The second kappa shape index (κ2) is 10.0. The summed E-state index contributed by atoms with van der Waals surface area (Å²) in [6.07, 6.45) is 4.95. The van der Waals surface area contributed by atoms with E-state index >= 15 is 0 Å². The monoisotopic (exact) mass is 396 g/mol. The molecule has 1 aliphatic heterocycles. The van der Waals surface area contributed by atoms with Crippen LogP contribution in [0.5, 0.6) is 0 Å². The maximum atomic E-state index is 12.6. The average Bonchev–Trinajstić information content (AvgIpc) is 3.28. The predicted octanol–water partition coefficient (Wildman–Crippen LogP) is 3.09. The number of anilines is 2. The van der Waals surface area contributed by atoms with E-state index in [-0.39, 0.29) is 17.9 Å². The standard InChI is InChI=1S/C22H28N4O3/c1-3-26(4-2)19-9-7-18(8-10-19)25-22(28)17-12-16(13-23-14-17)21(27)24-15-20-6-5-11-29-20/h7-10,12-14,20H,3-6,11,15H2,1-2H3,(H,24,27)(H,25,28). The summed E-state index contributed by atoms with van der Waals surface area (Å²) in [5.41, 5.74) is 2.49. The van der Waals surface area contributed by atoms with Crippen LogP contribution in [-0.2, 0) is 4.74 Å². The van der Waals surface area contributed by atoms with Crippen LogP contribution in [0.25, 0.3) is 0 Å². The molecule has 2 heterocycles. The molecule has 7 heteroatoms. The van der Waals surface area contributed by atoms with Gasteiger partial charge in [-0.3, -0.25) is 14.6 Å². The van der Waals surface area contributed by atoms with Crippen molar-refractivity contribution in [1.29, 1.82) is 0 Å². The van der Waals surface area contributed by atoms with Crippen molar-refractivity contribution in [3.8, 4) is 0 Å². The number of hydrogen-bond acceptors (Lipinski definition) is 5. The Morgan fingerprint density at radius 3 is 2.41 bits per heavy atom. The lowest BCUT2D eigenvalue weighted by Crippen LogP contribution is -2.32. The normalized spacial score (nSPS) is 15.7. The number of ether oxygens (including phenoxy) is 1. The van der Waals surface area contributed by atoms with E-state index in [4.69, 9.17) is 4.74 Å². The van der Waals surface area contributed by atoms with Gasteiger partial charge < -0.3 is 20.3 Å². The molecule has 0 bridgehead atoms. The minimum Gasteiger partial charge on any atom is -0.376 e. The summed E-state index contributed by atoms with van der Waals surface area (Å²) >= 11 is 0. The van der Waals surface area contributed by atoms with Gasteiger partial charge in [0.05, 0.1) is 17.2 Å². The molecule has 2 N–H and O–H groups in total. The second-order valence-electron chi connectivity index (χ2n) is 6.98. The number of nitrogens with zero attached hydrogens (tertiary/aromatic N) is 2. The van der Waals surface area contributed by atoms with Gasteiger partial charge in [0, 0.05) is 50.0 Å². The number of hydrogen-bond donors (Lipinski definition) is 2. The van der Waals surface area contributed by atoms with Crippen molar-refractivity contribution in [3.63, 3.8) is 0 Å². The van der Waals surface area contributed by atoms with Crippen molar-refractivity contribution < 1.29 is 14.3 Å². The first-order valence-corrected chi connectivity index (χ1v) is 10.1. The highest BCUT2D eigenvalue weighted by Crippen LogP contribution is 2.18. The van der Waals surface area contributed by atoms with Crippen LogP contribution in [0, 0.1) is 0 Å². The molecule has 0 radical (unpaired) electrons. The number of pyridine rings is 1. The lowest BCUT2D eigenvalue weighted by molar-refractivity contribution is 0.0857. The Balaban J connectivity index is 1.60. The molecule has 3 rings (SSSR count). The highest BCUT2D eigenvalue weighted by Gasteiger charge is 2.17. The fourth-order valence-electron chi connectivity index (χ4n) is 3.35. The van der Waals surface area contributed by atoms with E-state index in [1.54, 1.807) is 6.07 Å². The molecule has 7 nitrogen and oxygen atoms in total. The van der Waals surface area contributed by atoms with Gasteiger partial charge in [0.1, 0.15) is 0 Å². The molecule has 1 aromatic carbocycles. The number of rotatable bonds is 8. The number of nitrogens with one attached hydrogen (secondary N) is 2. The molecule has 0 saturated carbocycles. The molecular formula is C22H28N4O3. The van der Waals surface area contributed by atoms with Crippen LogP contribution >= 0.6 is 0 Å². The molecule has 0 aliphatic carbocycles. The highest BCUT2D eigenvalue weighted by atomic mass is 16.5. The van der Waals surface area contributed by atoms with Gasteiger partial charge in [-0.05, 0) is 57.0 Å². The Labute approximate surface area is 171 Å². The van der Waals surface area contributed by atoms with Crippen molar-refractivity contribution in [2.45, 2.75) is 32.8 Å². The van der Waals surface area contributed by atoms with Gasteiger partial charge in [0.15, 0.2) is 0 Å². The van der Waals surface area contributed by atoms with E-state index in [0.717, 1.165) is 38.2 Å². The summed E-state index contributed by atoms with van der Waals surface area (Å²) in [7, 11) is 0. The molecule has 154 valence electrons. The number of benzene rings is 1. The fourth-order valence-corrected chi connectivity index (χ4v) is 3.35. The van der Waals surface area contributed by atoms with Crippen molar-refractivity contribution >= 4 is 23.2 Å². The van der Waals surface area contributed by atoms with Crippen LogP contribution in [0.2, 0.25) is 0 Å². The summed E-state index contributed by atoms with van der Waals surface area (Å²) < 4.78 is 5.51. The van der Waals surface area contributed by atoms with Crippen molar-refractivity contribution in [2.75, 3.05) is 36.5 Å². The molecular weight excluding hydrogens is 368 g/mol. The van der Waals surface area contributed by atoms with Gasteiger partial charge in [-0.25, -0.2) is 0 Å². The number of aromatic nitrogens is 1. The smallest absolute Gasteiger partial charge is 0.257 e. The van der Waals surface area contributed by atoms with Gasteiger partial charge in [0.25, 0.3) is 11.8 Å². The minimum atomic E-state index is -0.304. The molecule has 1 atom stereocenters. The third kappa shape index (κ3) is 5.54. The van der Waals surface area contributed by atoms with Gasteiger partial charge in [-0.2, -0.15) is 0 Å². The SMILES string of the molecule is CCN(CC)c1ccc(NC(=O)c2cncc(C(=O)NCC3CCCO3)c2)cc1. The first kappa shape index (κ1) is 20.8. The zero-order chi connectivity index (χ0) is 20.6. The highest BCUT2D eigenvalue weighted by molar-refractivity contribution is 6.05. The maximum absolute atomic E-state index is 12.6. The third-order valence-electron chi connectivity index (χ3n) is 5.03. The fraction of sp³-hybridized carbons (Fsp3) is 0.409. The lowest BCUT2D eigenvalue weighted by Gasteiger charge is -2.21. The third-order valence-corrected chi connectivity index (χ3v) is 5.03. The van der Waals surface area contributed by atoms with Crippen molar-refractivity contribution in [1.82, 2.24) is 10.3 Å². The predicted molar refractivity (Wildman–Crippen MR) is 114 cm³/mol. The van der Waals surface area contributed by atoms with Gasteiger partial charge >= 0.3 is 0 Å². The average molecular weight is 396 g/mol. The van der Waals surface area contributed by atoms with Gasteiger partial charge in [-0.1, -0.05) is 0 Å². The van der Waals surface area contributed by atoms with E-state index in [1.807, 2.05) is 24.3 Å². The van der Waals surface area contributed by atoms with Crippen LogP contribution in [0.15, 0.2) is 42.7 Å². The largest absolute Gasteiger partial charge is 0.376 e. The maximum Gasteiger partial charge on any atom is 0.257 e. The quantitative estimate of drug-likeness (QED) is 0.716. The first-order valence-electron chi connectivity index (χ1n) is 10.1. The van der Waals surface area contributed by atoms with E-state index in [9.17, 15) is 9.59 Å². The molecule has 1 unspecified atom stereocenters. The first-order chi connectivity index (χ1) is 14.1. The Morgan fingerprint density at radius 2 is 1.79 bits per heavy atom. The van der Waals surface area contributed by atoms with Gasteiger partial charge in [-0.15, -0.1) is 0 Å². The Bertz CT molecular complexity index is 828. The van der Waals surface area contributed by atoms with Crippen molar-refractivity contribution in [2.24, 2.45) is 0 Å². The van der Waals surface area contributed by atoms with Crippen LogP contribution in [-0.4, -0.2) is 49.1 Å². The number of amides is 2. The summed E-state index contributed by atoms with van der Waals surface area (Å²) in [6.45, 7) is 7.28. The Kier molecular flexibility index (Phi) is 7.19. The molecule has 1 aromatic heterocycles. The summed E-state index contributed by atoms with van der Waals surface area (Å²) in [5, 5.41) is 5.70. The topological polar surface area (TPSA) is 83.6 Å². The molecule has 29 heavy (non-hydrogen) atoms. The summed E-state index contributed by atoms with van der Waals surface area (Å²) in [5.74, 6) is -0.562. The molecule has 1 fully saturated rings. The van der Waals surface area contributed by atoms with Gasteiger partial charge in [0.2, 0.25) is 0 Å². The van der Waals surface area contributed by atoms with Crippen LogP contribution in [0.4, 0.5) is 11.4 Å². The molecule has 2 amide bonds. The number of carbonyl (C=O) groups is 2. The zero-order valence-electron chi connectivity index (χ0n) is 17.0. The van der Waals surface area contributed by atoms with E-state index in [1.165, 1.54) is 12.4 Å². The van der Waals surface area contributed by atoms with E-state index in [0.29, 0.717) is 23.4 Å². The van der Waals surface area contributed by atoms with E-state index in [2.05, 4.69) is 34.4 Å². The second-order valence-corrected chi connectivity index (χ2v) is 6.98. The van der Waals surface area contributed by atoms with Crippen LogP contribution < -0.4 is 15.5 Å². The van der Waals surface area contributed by atoms with E-state index < -0.39 is 0 Å². The lowest BCUT2D eigenvalue weighted by atomic mass is 10.1. The van der Waals surface area contributed by atoms with Crippen LogP contribution in [0.3, 0.4) is 0 Å².